The van der Waals surface area contributed by atoms with Crippen LogP contribution in [0.15, 0.2) is 11.1 Å². The van der Waals surface area contributed by atoms with Crippen LogP contribution in [0, 0.1) is 11.3 Å². The first-order chi connectivity index (χ1) is 6.60. The third-order valence-corrected chi connectivity index (χ3v) is 2.29. The third-order valence-electron chi connectivity index (χ3n) is 1.60. The number of nitrogen functional groups attached to an aromatic ring is 1. The van der Waals surface area contributed by atoms with Crippen molar-refractivity contribution in [2.45, 2.75) is 5.03 Å². The number of hydrogen-bond donors (Lipinski definition) is 2. The quantitative estimate of drug-likeness (QED) is 0.682. The van der Waals surface area contributed by atoms with E-state index in [9.17, 15) is 4.79 Å². The van der Waals surface area contributed by atoms with Crippen LogP contribution in [0.5, 0.6) is 0 Å². The zero-order chi connectivity index (χ0) is 10.7. The zero-order valence-electron chi connectivity index (χ0n) is 7.44. The van der Waals surface area contributed by atoms with E-state index in [0.717, 1.165) is 0 Å². The molecule has 5 nitrogen and oxygen atoms in total. The molecule has 0 aliphatic carbocycles. The lowest BCUT2D eigenvalue weighted by atomic mass is 10.2. The number of nitriles is 1. The molecule has 0 spiro atoms. The van der Waals surface area contributed by atoms with Gasteiger partial charge in [-0.2, -0.15) is 5.26 Å². The molecule has 1 aromatic heterocycles. The molecule has 1 rings (SSSR count). The number of rotatable bonds is 2. The summed E-state index contributed by atoms with van der Waals surface area (Å²) in [6.45, 7) is 0. The number of thioether (sulfide) groups is 1. The van der Waals surface area contributed by atoms with E-state index in [-0.39, 0.29) is 11.4 Å². The van der Waals surface area contributed by atoms with Gasteiger partial charge in [0.2, 0.25) is 0 Å². The van der Waals surface area contributed by atoms with Crippen molar-refractivity contribution < 1.29 is 4.79 Å². The number of amides is 1. The summed E-state index contributed by atoms with van der Waals surface area (Å²) >= 11 is 1.29. The number of pyridine rings is 1. The number of anilines is 1. The van der Waals surface area contributed by atoms with Crippen LogP contribution in [-0.2, 0) is 0 Å². The summed E-state index contributed by atoms with van der Waals surface area (Å²) in [5, 5.41) is 9.25. The Morgan fingerprint density at radius 3 is 2.79 bits per heavy atom. The molecule has 1 amide bonds. The molecular formula is C8H8N4OS. The first kappa shape index (κ1) is 10.3. The molecule has 0 aliphatic heterocycles. The number of primary amides is 1. The van der Waals surface area contributed by atoms with Gasteiger partial charge in [0.1, 0.15) is 16.9 Å². The van der Waals surface area contributed by atoms with Gasteiger partial charge in [0, 0.05) is 0 Å². The number of carbonyl (C=O) groups excluding carboxylic acids is 1. The van der Waals surface area contributed by atoms with Gasteiger partial charge in [-0.05, 0) is 12.3 Å². The first-order valence-electron chi connectivity index (χ1n) is 3.64. The van der Waals surface area contributed by atoms with Gasteiger partial charge in [-0.1, -0.05) is 0 Å². The standard InChI is InChI=1S/C8H8N4OS/c1-14-8-4(3-9)2-5(7(11)13)6(10)12-8/h2H,1H3,(H2,10,12)(H2,11,13). The van der Waals surface area contributed by atoms with Crippen LogP contribution in [0.4, 0.5) is 5.82 Å². The minimum Gasteiger partial charge on any atom is -0.383 e. The molecule has 4 N–H and O–H groups in total. The normalized spacial score (nSPS) is 9.43. The van der Waals surface area contributed by atoms with E-state index < -0.39 is 5.91 Å². The Kier molecular flexibility index (Phi) is 2.94. The summed E-state index contributed by atoms with van der Waals surface area (Å²) in [5.41, 5.74) is 10.9. The highest BCUT2D eigenvalue weighted by Gasteiger charge is 2.12. The highest BCUT2D eigenvalue weighted by Crippen LogP contribution is 2.21. The fourth-order valence-electron chi connectivity index (χ4n) is 0.943. The Morgan fingerprint density at radius 1 is 1.71 bits per heavy atom. The predicted molar refractivity (Wildman–Crippen MR) is 53.7 cm³/mol. The Bertz CT molecular complexity index is 424. The average molecular weight is 208 g/mol. The number of aromatic nitrogens is 1. The third kappa shape index (κ3) is 1.78. The monoisotopic (exact) mass is 208 g/mol. The van der Waals surface area contributed by atoms with E-state index in [4.69, 9.17) is 16.7 Å². The predicted octanol–water partition coefficient (Wildman–Crippen LogP) is 0.356. The van der Waals surface area contributed by atoms with Gasteiger partial charge in [0.05, 0.1) is 11.1 Å². The van der Waals surface area contributed by atoms with Crippen molar-refractivity contribution in [3.05, 3.63) is 17.2 Å². The van der Waals surface area contributed by atoms with Crippen LogP contribution in [0.2, 0.25) is 0 Å². The summed E-state index contributed by atoms with van der Waals surface area (Å²) in [7, 11) is 0. The molecule has 0 saturated heterocycles. The molecule has 0 unspecified atom stereocenters. The number of nitrogens with zero attached hydrogens (tertiary/aromatic N) is 2. The van der Waals surface area contributed by atoms with Crippen molar-refractivity contribution in [3.63, 3.8) is 0 Å². The van der Waals surface area contributed by atoms with E-state index in [0.29, 0.717) is 10.6 Å². The molecule has 6 heteroatoms. The van der Waals surface area contributed by atoms with E-state index >= 15 is 0 Å². The van der Waals surface area contributed by atoms with Crippen molar-refractivity contribution in [2.24, 2.45) is 5.73 Å². The molecule has 0 saturated carbocycles. The van der Waals surface area contributed by atoms with Gasteiger partial charge >= 0.3 is 0 Å². The Labute approximate surface area is 85.1 Å². The summed E-state index contributed by atoms with van der Waals surface area (Å²) < 4.78 is 0. The molecule has 0 atom stereocenters. The smallest absolute Gasteiger partial charge is 0.252 e. The highest BCUT2D eigenvalue weighted by atomic mass is 32.2. The van der Waals surface area contributed by atoms with Gasteiger partial charge in [0.25, 0.3) is 5.91 Å². The maximum atomic E-state index is 10.9. The van der Waals surface area contributed by atoms with E-state index in [1.807, 2.05) is 6.07 Å². The SMILES string of the molecule is CSc1nc(N)c(C(N)=O)cc1C#N. The van der Waals surface area contributed by atoms with E-state index in [2.05, 4.69) is 4.98 Å². The number of nitrogens with two attached hydrogens (primary N) is 2. The first-order valence-corrected chi connectivity index (χ1v) is 4.87. The summed E-state index contributed by atoms with van der Waals surface area (Å²) in [4.78, 5) is 14.8. The van der Waals surface area contributed by atoms with Gasteiger partial charge in [-0.25, -0.2) is 4.98 Å². The molecule has 0 aliphatic rings. The minimum absolute atomic E-state index is 0.0563. The summed E-state index contributed by atoms with van der Waals surface area (Å²) in [5.74, 6) is -0.625. The molecule has 0 fully saturated rings. The van der Waals surface area contributed by atoms with Gasteiger partial charge in [-0.15, -0.1) is 11.8 Å². The maximum Gasteiger partial charge on any atom is 0.252 e. The van der Waals surface area contributed by atoms with Crippen molar-refractivity contribution in [2.75, 3.05) is 12.0 Å². The summed E-state index contributed by atoms with van der Waals surface area (Å²) in [6, 6.07) is 3.28. The molecule has 1 aromatic rings. The van der Waals surface area contributed by atoms with E-state index in [1.165, 1.54) is 17.8 Å². The number of carbonyl (C=O) groups is 1. The van der Waals surface area contributed by atoms with Crippen molar-refractivity contribution in [1.29, 1.82) is 5.26 Å². The molecule has 14 heavy (non-hydrogen) atoms. The van der Waals surface area contributed by atoms with Crippen LogP contribution in [-0.4, -0.2) is 17.1 Å². The van der Waals surface area contributed by atoms with Gasteiger partial charge in [-0.3, -0.25) is 4.79 Å². The molecule has 72 valence electrons. The second-order valence-electron chi connectivity index (χ2n) is 2.45. The highest BCUT2D eigenvalue weighted by molar-refractivity contribution is 7.98. The van der Waals surface area contributed by atoms with Crippen LogP contribution >= 0.6 is 11.8 Å². The topological polar surface area (TPSA) is 106 Å². The fourth-order valence-corrected chi connectivity index (χ4v) is 1.46. The number of hydrogen-bond acceptors (Lipinski definition) is 5. The molecule has 1 heterocycles. The minimum atomic E-state index is -0.681. The molecule has 0 radical (unpaired) electrons. The lowest BCUT2D eigenvalue weighted by Gasteiger charge is -2.04. The van der Waals surface area contributed by atoms with Crippen molar-refractivity contribution >= 4 is 23.5 Å². The lowest BCUT2D eigenvalue weighted by molar-refractivity contribution is 0.100. The lowest BCUT2D eigenvalue weighted by Crippen LogP contribution is -2.15. The van der Waals surface area contributed by atoms with Crippen LogP contribution in [0.25, 0.3) is 0 Å². The van der Waals surface area contributed by atoms with Gasteiger partial charge in [0.15, 0.2) is 0 Å². The second-order valence-corrected chi connectivity index (χ2v) is 3.25. The average Bonchev–Trinajstić information content (AvgIpc) is 2.16. The Hall–Kier alpha value is -1.74. The zero-order valence-corrected chi connectivity index (χ0v) is 8.26. The van der Waals surface area contributed by atoms with Gasteiger partial charge < -0.3 is 11.5 Å². The fraction of sp³-hybridized carbons (Fsp3) is 0.125. The van der Waals surface area contributed by atoms with Crippen molar-refractivity contribution in [3.8, 4) is 6.07 Å². The maximum absolute atomic E-state index is 10.9. The van der Waals surface area contributed by atoms with Crippen LogP contribution in [0.3, 0.4) is 0 Å². The van der Waals surface area contributed by atoms with Crippen molar-refractivity contribution in [1.82, 2.24) is 4.98 Å². The largest absolute Gasteiger partial charge is 0.383 e. The Balaban J connectivity index is 3.40. The molecule has 0 aromatic carbocycles. The molecular weight excluding hydrogens is 200 g/mol. The second kappa shape index (κ2) is 3.98. The molecule has 0 bridgehead atoms. The summed E-state index contributed by atoms with van der Waals surface area (Å²) in [6.07, 6.45) is 1.77. The van der Waals surface area contributed by atoms with E-state index in [1.54, 1.807) is 6.26 Å². The van der Waals surface area contributed by atoms with Crippen LogP contribution < -0.4 is 11.5 Å². The van der Waals surface area contributed by atoms with Crippen LogP contribution in [0.1, 0.15) is 15.9 Å². The Morgan fingerprint density at radius 2 is 2.36 bits per heavy atom.